The van der Waals surface area contributed by atoms with Crippen molar-refractivity contribution in [3.05, 3.63) is 29.6 Å². The van der Waals surface area contributed by atoms with E-state index in [1.807, 2.05) is 0 Å². The molecule has 0 atom stereocenters. The fourth-order valence-corrected chi connectivity index (χ4v) is 2.46. The minimum atomic E-state index is -0.673. The molecule has 2 rings (SSSR count). The summed E-state index contributed by atoms with van der Waals surface area (Å²) in [6.45, 7) is 9.00. The lowest BCUT2D eigenvalue weighted by atomic mass is 10.0. The Kier molecular flexibility index (Phi) is 3.99. The lowest BCUT2D eigenvalue weighted by Gasteiger charge is -2.42. The summed E-state index contributed by atoms with van der Waals surface area (Å²) in [5.41, 5.74) is -0.161. The van der Waals surface area contributed by atoms with Gasteiger partial charge in [0.1, 0.15) is 17.1 Å². The van der Waals surface area contributed by atoms with E-state index in [-0.39, 0.29) is 16.9 Å². The van der Waals surface area contributed by atoms with Gasteiger partial charge in [0.25, 0.3) is 5.91 Å². The zero-order valence-corrected chi connectivity index (χ0v) is 12.2. The number of carbonyl (C=O) groups is 1. The number of hydrogen-bond donors (Lipinski definition) is 1. The van der Waals surface area contributed by atoms with Gasteiger partial charge in [-0.1, -0.05) is 6.07 Å². The summed E-state index contributed by atoms with van der Waals surface area (Å²) in [7, 11) is 0. The molecule has 0 unspecified atom stereocenters. The predicted molar refractivity (Wildman–Crippen MR) is 75.3 cm³/mol. The Morgan fingerprint density at radius 1 is 1.20 bits per heavy atom. The second-order valence-corrected chi connectivity index (χ2v) is 6.08. The third kappa shape index (κ3) is 2.93. The lowest BCUT2D eigenvalue weighted by molar-refractivity contribution is 0.0445. The summed E-state index contributed by atoms with van der Waals surface area (Å²) in [5, 5.41) is 9.68. The Morgan fingerprint density at radius 2 is 1.80 bits per heavy atom. The number of benzene rings is 1. The first-order chi connectivity index (χ1) is 9.30. The highest BCUT2D eigenvalue weighted by molar-refractivity contribution is 5.97. The Balaban J connectivity index is 2.09. The Hall–Kier alpha value is -1.62. The van der Waals surface area contributed by atoms with E-state index in [0.29, 0.717) is 13.1 Å². The van der Waals surface area contributed by atoms with Gasteiger partial charge in [-0.2, -0.15) is 0 Å². The molecule has 5 heteroatoms. The minimum absolute atomic E-state index is 0.0648. The summed E-state index contributed by atoms with van der Waals surface area (Å²) < 4.78 is 13.7. The van der Waals surface area contributed by atoms with E-state index in [2.05, 4.69) is 25.7 Å². The molecule has 0 spiro atoms. The average molecular weight is 280 g/mol. The van der Waals surface area contributed by atoms with Crippen LogP contribution < -0.4 is 0 Å². The van der Waals surface area contributed by atoms with Crippen molar-refractivity contribution in [1.29, 1.82) is 0 Å². The highest BCUT2D eigenvalue weighted by Gasteiger charge is 2.30. The quantitative estimate of drug-likeness (QED) is 0.856. The number of carbonyl (C=O) groups excluding carboxylic acids is 1. The fraction of sp³-hybridized carbons (Fsp3) is 0.533. The van der Waals surface area contributed by atoms with E-state index >= 15 is 0 Å². The Morgan fingerprint density at radius 3 is 2.30 bits per heavy atom. The van der Waals surface area contributed by atoms with Gasteiger partial charge >= 0.3 is 0 Å². The smallest absolute Gasteiger partial charge is 0.260 e. The summed E-state index contributed by atoms with van der Waals surface area (Å²) in [6, 6.07) is 3.92. The van der Waals surface area contributed by atoms with Crippen molar-refractivity contribution in [2.24, 2.45) is 0 Å². The highest BCUT2D eigenvalue weighted by atomic mass is 19.1. The third-order valence-corrected chi connectivity index (χ3v) is 3.72. The standard InChI is InChI=1S/C15H21FN2O2/c1-15(2,3)18-9-7-17(8-10-18)14(20)13-11(16)5-4-6-12(13)19/h4-6,19H,7-10H2,1-3H3. The van der Waals surface area contributed by atoms with Gasteiger partial charge in [0.05, 0.1) is 0 Å². The van der Waals surface area contributed by atoms with E-state index in [1.165, 1.54) is 18.2 Å². The first-order valence-electron chi connectivity index (χ1n) is 6.82. The fourth-order valence-electron chi connectivity index (χ4n) is 2.46. The molecule has 1 aromatic carbocycles. The van der Waals surface area contributed by atoms with Crippen LogP contribution in [0.5, 0.6) is 5.75 Å². The molecule has 1 saturated heterocycles. The number of piperazine rings is 1. The summed E-state index contributed by atoms with van der Waals surface area (Å²) in [4.78, 5) is 16.2. The van der Waals surface area contributed by atoms with Crippen LogP contribution in [0.3, 0.4) is 0 Å². The molecule has 0 radical (unpaired) electrons. The van der Waals surface area contributed by atoms with Gasteiger partial charge in [-0.3, -0.25) is 9.69 Å². The van der Waals surface area contributed by atoms with Gasteiger partial charge < -0.3 is 10.0 Å². The second kappa shape index (κ2) is 5.40. The van der Waals surface area contributed by atoms with Crippen molar-refractivity contribution in [1.82, 2.24) is 9.80 Å². The summed E-state index contributed by atoms with van der Waals surface area (Å²) >= 11 is 0. The number of phenols is 1. The van der Waals surface area contributed by atoms with Crippen LogP contribution in [-0.4, -0.2) is 52.5 Å². The first-order valence-corrected chi connectivity index (χ1v) is 6.82. The third-order valence-electron chi connectivity index (χ3n) is 3.72. The predicted octanol–water partition coefficient (Wildman–Crippen LogP) is 2.09. The van der Waals surface area contributed by atoms with Crippen molar-refractivity contribution in [2.45, 2.75) is 26.3 Å². The normalized spacial score (nSPS) is 17.3. The molecule has 110 valence electrons. The van der Waals surface area contributed by atoms with Crippen molar-refractivity contribution < 1.29 is 14.3 Å². The van der Waals surface area contributed by atoms with Crippen LogP contribution in [0, 0.1) is 5.82 Å². The van der Waals surface area contributed by atoms with Crippen LogP contribution in [0.25, 0.3) is 0 Å². The molecule has 1 N–H and O–H groups in total. The number of rotatable bonds is 1. The number of amides is 1. The van der Waals surface area contributed by atoms with E-state index < -0.39 is 11.7 Å². The van der Waals surface area contributed by atoms with E-state index in [9.17, 15) is 14.3 Å². The topological polar surface area (TPSA) is 43.8 Å². The maximum atomic E-state index is 13.7. The number of aromatic hydroxyl groups is 1. The van der Waals surface area contributed by atoms with Crippen LogP contribution in [0.15, 0.2) is 18.2 Å². The first kappa shape index (κ1) is 14.8. The van der Waals surface area contributed by atoms with Crippen molar-refractivity contribution in [3.8, 4) is 5.75 Å². The van der Waals surface area contributed by atoms with Crippen LogP contribution in [0.1, 0.15) is 31.1 Å². The molecule has 0 saturated carbocycles. The molecule has 1 aliphatic heterocycles. The van der Waals surface area contributed by atoms with Crippen molar-refractivity contribution in [2.75, 3.05) is 26.2 Å². The SMILES string of the molecule is CC(C)(C)N1CCN(C(=O)c2c(O)cccc2F)CC1. The monoisotopic (exact) mass is 280 g/mol. The molecular weight excluding hydrogens is 259 g/mol. The summed E-state index contributed by atoms with van der Waals surface area (Å²) in [6.07, 6.45) is 0. The average Bonchev–Trinajstić information content (AvgIpc) is 2.37. The number of phenolic OH excluding ortho intramolecular Hbond substituents is 1. The second-order valence-electron chi connectivity index (χ2n) is 6.08. The summed E-state index contributed by atoms with van der Waals surface area (Å²) in [5.74, 6) is -1.41. The molecule has 1 fully saturated rings. The molecule has 0 bridgehead atoms. The number of nitrogens with zero attached hydrogens (tertiary/aromatic N) is 2. The number of halogens is 1. The zero-order valence-electron chi connectivity index (χ0n) is 12.2. The molecule has 4 nitrogen and oxygen atoms in total. The molecule has 1 amide bonds. The largest absolute Gasteiger partial charge is 0.507 e. The maximum absolute atomic E-state index is 13.7. The zero-order chi connectivity index (χ0) is 14.9. The van der Waals surface area contributed by atoms with Crippen LogP contribution >= 0.6 is 0 Å². The number of hydrogen-bond acceptors (Lipinski definition) is 3. The van der Waals surface area contributed by atoms with Crippen LogP contribution in [0.2, 0.25) is 0 Å². The molecule has 0 aromatic heterocycles. The molecule has 1 aromatic rings. The van der Waals surface area contributed by atoms with Gasteiger partial charge in [-0.05, 0) is 32.9 Å². The van der Waals surface area contributed by atoms with Gasteiger partial charge in [0.2, 0.25) is 0 Å². The highest BCUT2D eigenvalue weighted by Crippen LogP contribution is 2.23. The van der Waals surface area contributed by atoms with Gasteiger partial charge in [0, 0.05) is 31.7 Å². The van der Waals surface area contributed by atoms with Crippen molar-refractivity contribution >= 4 is 5.91 Å². The molecular formula is C15H21FN2O2. The Bertz CT molecular complexity index is 483. The molecule has 20 heavy (non-hydrogen) atoms. The Labute approximate surface area is 118 Å². The van der Waals surface area contributed by atoms with Gasteiger partial charge in [-0.25, -0.2) is 4.39 Å². The van der Waals surface area contributed by atoms with Crippen molar-refractivity contribution in [3.63, 3.8) is 0 Å². The minimum Gasteiger partial charge on any atom is -0.507 e. The van der Waals surface area contributed by atoms with E-state index in [4.69, 9.17) is 0 Å². The van der Waals surface area contributed by atoms with Crippen LogP contribution in [0.4, 0.5) is 4.39 Å². The van der Waals surface area contributed by atoms with E-state index in [0.717, 1.165) is 13.1 Å². The lowest BCUT2D eigenvalue weighted by Crippen LogP contribution is -2.54. The van der Waals surface area contributed by atoms with Gasteiger partial charge in [0.15, 0.2) is 0 Å². The maximum Gasteiger partial charge on any atom is 0.260 e. The molecule has 0 aliphatic carbocycles. The molecule has 1 aliphatic rings. The van der Waals surface area contributed by atoms with E-state index in [1.54, 1.807) is 4.90 Å². The van der Waals surface area contributed by atoms with Crippen LogP contribution in [-0.2, 0) is 0 Å². The van der Waals surface area contributed by atoms with Gasteiger partial charge in [-0.15, -0.1) is 0 Å². The molecule has 1 heterocycles.